The van der Waals surface area contributed by atoms with Crippen molar-refractivity contribution in [1.29, 1.82) is 0 Å². The largest absolute Gasteiger partial charge is 0.497 e. The second-order valence-electron chi connectivity index (χ2n) is 5.92. The van der Waals surface area contributed by atoms with E-state index in [1.54, 1.807) is 19.4 Å². The topological polar surface area (TPSA) is 63.2 Å². The monoisotopic (exact) mass is 341 g/mol. The summed E-state index contributed by atoms with van der Waals surface area (Å²) < 4.78 is 5.13. The van der Waals surface area contributed by atoms with Crippen LogP contribution in [0.15, 0.2) is 42.6 Å². The highest BCUT2D eigenvalue weighted by Gasteiger charge is 2.06. The first-order chi connectivity index (χ1) is 12.2. The molecule has 5 heteroatoms. The van der Waals surface area contributed by atoms with E-state index in [2.05, 4.69) is 22.5 Å². The van der Waals surface area contributed by atoms with Gasteiger partial charge in [0.2, 0.25) is 0 Å². The summed E-state index contributed by atoms with van der Waals surface area (Å²) >= 11 is 0. The van der Waals surface area contributed by atoms with Gasteiger partial charge in [-0.15, -0.1) is 0 Å². The average Bonchev–Trinajstić information content (AvgIpc) is 2.66. The van der Waals surface area contributed by atoms with Crippen molar-refractivity contribution < 1.29 is 9.53 Å². The molecule has 5 nitrogen and oxygen atoms in total. The van der Waals surface area contributed by atoms with E-state index in [4.69, 9.17) is 4.74 Å². The molecule has 1 heterocycles. The fourth-order valence-corrected chi connectivity index (χ4v) is 2.44. The van der Waals surface area contributed by atoms with Crippen molar-refractivity contribution >= 4 is 11.6 Å². The van der Waals surface area contributed by atoms with Crippen LogP contribution < -0.4 is 15.4 Å². The van der Waals surface area contributed by atoms with Gasteiger partial charge in [0.05, 0.1) is 19.0 Å². The molecule has 1 amide bonds. The van der Waals surface area contributed by atoms with Crippen LogP contribution >= 0.6 is 0 Å². The van der Waals surface area contributed by atoms with Gasteiger partial charge >= 0.3 is 0 Å². The first kappa shape index (κ1) is 18.8. The minimum atomic E-state index is -0.147. The number of carbonyl (C=O) groups is 1. The summed E-state index contributed by atoms with van der Waals surface area (Å²) in [5.41, 5.74) is 2.54. The van der Waals surface area contributed by atoms with E-state index >= 15 is 0 Å². The third-order valence-electron chi connectivity index (χ3n) is 3.96. The third-order valence-corrected chi connectivity index (χ3v) is 3.96. The van der Waals surface area contributed by atoms with Gasteiger partial charge in [0.15, 0.2) is 0 Å². The maximum atomic E-state index is 12.1. The number of rotatable bonds is 10. The van der Waals surface area contributed by atoms with E-state index in [-0.39, 0.29) is 5.91 Å². The lowest BCUT2D eigenvalue weighted by Crippen LogP contribution is -2.26. The van der Waals surface area contributed by atoms with Gasteiger partial charge in [0.1, 0.15) is 11.4 Å². The molecule has 0 aliphatic rings. The second kappa shape index (κ2) is 10.3. The number of amides is 1. The lowest BCUT2D eigenvalue weighted by atomic mass is 10.1. The molecule has 0 atom stereocenters. The summed E-state index contributed by atoms with van der Waals surface area (Å²) in [6, 6.07) is 11.5. The highest BCUT2D eigenvalue weighted by molar-refractivity contribution is 5.92. The van der Waals surface area contributed by atoms with Crippen LogP contribution in [0.4, 0.5) is 5.69 Å². The number of benzene rings is 1. The van der Waals surface area contributed by atoms with Crippen molar-refractivity contribution in [3.05, 3.63) is 53.9 Å². The Morgan fingerprint density at radius 3 is 2.52 bits per heavy atom. The van der Waals surface area contributed by atoms with Crippen LogP contribution in [0.25, 0.3) is 0 Å². The molecule has 0 spiro atoms. The van der Waals surface area contributed by atoms with E-state index in [1.165, 1.54) is 12.8 Å². The molecule has 0 saturated carbocycles. The summed E-state index contributed by atoms with van der Waals surface area (Å²) in [7, 11) is 1.65. The lowest BCUT2D eigenvalue weighted by molar-refractivity contribution is 0.0949. The Morgan fingerprint density at radius 1 is 1.08 bits per heavy atom. The lowest BCUT2D eigenvalue weighted by Gasteiger charge is -2.08. The number of unbranched alkanes of at least 4 members (excludes halogenated alkanes) is 2. The van der Waals surface area contributed by atoms with E-state index in [1.807, 2.05) is 30.3 Å². The summed E-state index contributed by atoms with van der Waals surface area (Å²) in [6.07, 6.45) is 6.05. The van der Waals surface area contributed by atoms with Gasteiger partial charge in [0.25, 0.3) is 5.91 Å². The fraction of sp³-hybridized carbons (Fsp3) is 0.400. The molecule has 0 aliphatic heterocycles. The highest BCUT2D eigenvalue weighted by atomic mass is 16.5. The first-order valence-electron chi connectivity index (χ1n) is 8.84. The molecule has 2 aromatic rings. The van der Waals surface area contributed by atoms with Crippen LogP contribution in [0.3, 0.4) is 0 Å². The van der Waals surface area contributed by atoms with E-state index in [0.717, 1.165) is 36.4 Å². The summed E-state index contributed by atoms with van der Waals surface area (Å²) in [5.74, 6) is 0.687. The minimum Gasteiger partial charge on any atom is -0.497 e. The smallest absolute Gasteiger partial charge is 0.269 e. The molecule has 0 aliphatic carbocycles. The van der Waals surface area contributed by atoms with Crippen molar-refractivity contribution in [3.8, 4) is 5.75 Å². The number of nitrogens with zero attached hydrogens (tertiary/aromatic N) is 1. The number of pyridine rings is 1. The van der Waals surface area contributed by atoms with Crippen LogP contribution in [-0.2, 0) is 6.42 Å². The number of anilines is 1. The summed E-state index contributed by atoms with van der Waals surface area (Å²) in [6.45, 7) is 3.69. The molecule has 0 unspecified atom stereocenters. The van der Waals surface area contributed by atoms with Gasteiger partial charge in [-0.2, -0.15) is 0 Å². The molecule has 0 fully saturated rings. The molecule has 134 valence electrons. The van der Waals surface area contributed by atoms with Crippen LogP contribution in [0.1, 0.15) is 42.2 Å². The molecule has 25 heavy (non-hydrogen) atoms. The number of nitrogens with one attached hydrogen (secondary N) is 2. The number of methoxy groups -OCH3 is 1. The van der Waals surface area contributed by atoms with Gasteiger partial charge in [-0.1, -0.05) is 31.9 Å². The Hall–Kier alpha value is -2.56. The average molecular weight is 341 g/mol. The van der Waals surface area contributed by atoms with Gasteiger partial charge in [0, 0.05) is 13.1 Å². The zero-order chi connectivity index (χ0) is 17.9. The van der Waals surface area contributed by atoms with Crippen LogP contribution in [0.2, 0.25) is 0 Å². The zero-order valence-corrected chi connectivity index (χ0v) is 15.0. The van der Waals surface area contributed by atoms with Gasteiger partial charge in [-0.3, -0.25) is 4.79 Å². The maximum Gasteiger partial charge on any atom is 0.269 e. The zero-order valence-electron chi connectivity index (χ0n) is 15.0. The molecule has 2 N–H and O–H groups in total. The summed E-state index contributed by atoms with van der Waals surface area (Å²) in [5, 5.41) is 6.22. The Balaban J connectivity index is 1.74. The number of carbonyl (C=O) groups excluding carboxylic acids is 1. The Bertz CT molecular complexity index is 639. The van der Waals surface area contributed by atoms with E-state index in [0.29, 0.717) is 12.2 Å². The van der Waals surface area contributed by atoms with Crippen molar-refractivity contribution in [2.24, 2.45) is 0 Å². The minimum absolute atomic E-state index is 0.147. The number of hydrogen-bond donors (Lipinski definition) is 2. The first-order valence-corrected chi connectivity index (χ1v) is 8.84. The van der Waals surface area contributed by atoms with Crippen molar-refractivity contribution in [3.63, 3.8) is 0 Å². The quantitative estimate of drug-likeness (QED) is 0.647. The molecule has 0 radical (unpaired) electrons. The van der Waals surface area contributed by atoms with E-state index in [9.17, 15) is 4.79 Å². The molecular weight excluding hydrogens is 314 g/mol. The van der Waals surface area contributed by atoms with Crippen LogP contribution in [-0.4, -0.2) is 31.1 Å². The van der Waals surface area contributed by atoms with Crippen LogP contribution in [0.5, 0.6) is 5.75 Å². The fourth-order valence-electron chi connectivity index (χ4n) is 2.44. The third kappa shape index (κ3) is 6.45. The normalized spacial score (nSPS) is 10.3. The maximum absolute atomic E-state index is 12.1. The Kier molecular flexibility index (Phi) is 7.76. The van der Waals surface area contributed by atoms with Gasteiger partial charge in [-0.05, 0) is 42.7 Å². The van der Waals surface area contributed by atoms with Crippen LogP contribution in [0, 0.1) is 0 Å². The van der Waals surface area contributed by atoms with Gasteiger partial charge < -0.3 is 15.4 Å². The predicted octanol–water partition coefficient (Wildman–Crippen LogP) is 3.66. The summed E-state index contributed by atoms with van der Waals surface area (Å²) in [4.78, 5) is 16.4. The number of aromatic nitrogens is 1. The van der Waals surface area contributed by atoms with Crippen molar-refractivity contribution in [2.75, 3.05) is 25.5 Å². The molecule has 0 saturated heterocycles. The molecule has 2 rings (SSSR count). The molecule has 0 bridgehead atoms. The van der Waals surface area contributed by atoms with Crippen molar-refractivity contribution in [1.82, 2.24) is 10.3 Å². The second-order valence-corrected chi connectivity index (χ2v) is 5.92. The molecular formula is C20H27N3O2. The Morgan fingerprint density at radius 2 is 1.88 bits per heavy atom. The Labute approximate surface area is 149 Å². The number of hydrogen-bond acceptors (Lipinski definition) is 4. The SMILES string of the molecule is CCCCCNc1ccc(C(=O)NCCc2ccc(OC)cc2)nc1. The standard InChI is InChI=1S/C20H27N3O2/c1-3-4-5-13-21-17-8-11-19(23-15-17)20(24)22-14-12-16-6-9-18(25-2)10-7-16/h6-11,15,21H,3-5,12-14H2,1-2H3,(H,22,24). The highest BCUT2D eigenvalue weighted by Crippen LogP contribution is 2.11. The van der Waals surface area contributed by atoms with Gasteiger partial charge in [-0.25, -0.2) is 4.98 Å². The predicted molar refractivity (Wildman–Crippen MR) is 101 cm³/mol. The molecule has 1 aromatic carbocycles. The molecule has 1 aromatic heterocycles. The van der Waals surface area contributed by atoms with Crippen molar-refractivity contribution in [2.45, 2.75) is 32.6 Å². The van der Waals surface area contributed by atoms with E-state index < -0.39 is 0 Å². The number of ether oxygens (including phenoxy) is 1.